The second-order valence-electron chi connectivity index (χ2n) is 9.22. The van der Waals surface area contributed by atoms with E-state index in [-0.39, 0.29) is 23.0 Å². The van der Waals surface area contributed by atoms with Crippen LogP contribution in [0.1, 0.15) is 39.5 Å². The number of carbonyl (C=O) groups is 1. The van der Waals surface area contributed by atoms with Gasteiger partial charge in [-0.15, -0.1) is 0 Å². The Hall–Kier alpha value is -2.65. The molecule has 172 valence electrons. The lowest BCUT2D eigenvalue weighted by atomic mass is 9.88. The van der Waals surface area contributed by atoms with Crippen LogP contribution in [0.3, 0.4) is 0 Å². The van der Waals surface area contributed by atoms with Gasteiger partial charge in [0.05, 0.1) is 23.4 Å². The van der Waals surface area contributed by atoms with Crippen molar-refractivity contribution in [1.82, 2.24) is 20.3 Å². The van der Waals surface area contributed by atoms with Crippen LogP contribution in [0.2, 0.25) is 0 Å². The van der Waals surface area contributed by atoms with Gasteiger partial charge in [-0.25, -0.2) is 19.3 Å². The zero-order valence-electron chi connectivity index (χ0n) is 18.7. The van der Waals surface area contributed by atoms with Crippen LogP contribution in [-0.4, -0.2) is 52.7 Å². The number of amides is 1. The Bertz CT molecular complexity index is 948. The van der Waals surface area contributed by atoms with E-state index < -0.39 is 5.82 Å². The SMILES string of the molecule is CC1(C)CC(CNc2cc(-c3cc(NC(=O)[C@@H]4CCCNC4)ncc3F)ncn2)CCO1. The first kappa shape index (κ1) is 22.5. The highest BCUT2D eigenvalue weighted by molar-refractivity contribution is 5.92. The van der Waals surface area contributed by atoms with E-state index in [0.29, 0.717) is 29.8 Å². The fraction of sp³-hybridized carbons (Fsp3) is 0.565. The summed E-state index contributed by atoms with van der Waals surface area (Å²) in [6.07, 6.45) is 6.28. The molecular weight excluding hydrogens is 411 g/mol. The van der Waals surface area contributed by atoms with Gasteiger partial charge >= 0.3 is 0 Å². The number of nitrogens with one attached hydrogen (secondary N) is 3. The minimum absolute atomic E-state index is 0.105. The molecule has 8 nitrogen and oxygen atoms in total. The summed E-state index contributed by atoms with van der Waals surface area (Å²) in [6.45, 7) is 7.30. The predicted molar refractivity (Wildman–Crippen MR) is 121 cm³/mol. The van der Waals surface area contributed by atoms with Gasteiger partial charge in [0.1, 0.15) is 18.0 Å². The molecule has 3 N–H and O–H groups in total. The summed E-state index contributed by atoms with van der Waals surface area (Å²) in [6, 6.07) is 3.25. The number of rotatable bonds is 6. The van der Waals surface area contributed by atoms with Crippen LogP contribution >= 0.6 is 0 Å². The maximum atomic E-state index is 14.6. The number of hydrogen-bond donors (Lipinski definition) is 3. The van der Waals surface area contributed by atoms with Crippen molar-refractivity contribution >= 4 is 17.5 Å². The third-order valence-corrected chi connectivity index (χ3v) is 6.09. The molecule has 2 aromatic rings. The number of hydrogen-bond acceptors (Lipinski definition) is 7. The minimum atomic E-state index is -0.502. The van der Waals surface area contributed by atoms with E-state index in [1.165, 1.54) is 12.4 Å². The number of anilines is 2. The molecule has 2 aliphatic heterocycles. The number of carbonyl (C=O) groups excluding carboxylic acids is 1. The summed E-state index contributed by atoms with van der Waals surface area (Å²) >= 11 is 0. The first-order valence-electron chi connectivity index (χ1n) is 11.3. The molecule has 2 saturated heterocycles. The molecule has 0 saturated carbocycles. The zero-order valence-corrected chi connectivity index (χ0v) is 18.7. The van der Waals surface area contributed by atoms with Crippen LogP contribution in [0.15, 0.2) is 24.7 Å². The maximum Gasteiger partial charge on any atom is 0.229 e. The van der Waals surface area contributed by atoms with Crippen LogP contribution < -0.4 is 16.0 Å². The highest BCUT2D eigenvalue weighted by atomic mass is 19.1. The smallest absolute Gasteiger partial charge is 0.229 e. The fourth-order valence-electron chi connectivity index (χ4n) is 4.39. The van der Waals surface area contributed by atoms with Crippen LogP contribution in [0.5, 0.6) is 0 Å². The monoisotopic (exact) mass is 442 g/mol. The molecule has 0 aliphatic carbocycles. The molecule has 2 atom stereocenters. The highest BCUT2D eigenvalue weighted by Crippen LogP contribution is 2.29. The Morgan fingerprint density at radius 3 is 2.91 bits per heavy atom. The minimum Gasteiger partial charge on any atom is -0.376 e. The van der Waals surface area contributed by atoms with Gasteiger partial charge in [0.15, 0.2) is 5.82 Å². The average Bonchev–Trinajstić information content (AvgIpc) is 2.79. The van der Waals surface area contributed by atoms with Gasteiger partial charge in [-0.1, -0.05) is 0 Å². The van der Waals surface area contributed by atoms with E-state index in [0.717, 1.165) is 51.6 Å². The molecule has 4 rings (SSSR count). The van der Waals surface area contributed by atoms with E-state index in [4.69, 9.17) is 4.74 Å². The van der Waals surface area contributed by atoms with Crippen LogP contribution in [-0.2, 0) is 9.53 Å². The van der Waals surface area contributed by atoms with Crippen molar-refractivity contribution in [2.45, 2.75) is 45.1 Å². The Kier molecular flexibility index (Phi) is 6.95. The largest absolute Gasteiger partial charge is 0.376 e. The lowest BCUT2D eigenvalue weighted by Crippen LogP contribution is -2.37. The summed E-state index contributed by atoms with van der Waals surface area (Å²) in [5, 5.41) is 9.38. The van der Waals surface area contributed by atoms with E-state index in [2.05, 4.69) is 44.7 Å². The lowest BCUT2D eigenvalue weighted by Gasteiger charge is -2.35. The Labute approximate surface area is 187 Å². The molecule has 2 fully saturated rings. The topological polar surface area (TPSA) is 101 Å². The van der Waals surface area contributed by atoms with Gasteiger partial charge in [-0.2, -0.15) is 0 Å². The number of pyridine rings is 1. The van der Waals surface area contributed by atoms with Crippen molar-refractivity contribution in [3.8, 4) is 11.3 Å². The summed E-state index contributed by atoms with van der Waals surface area (Å²) in [5.41, 5.74) is 0.593. The van der Waals surface area contributed by atoms with E-state index in [9.17, 15) is 9.18 Å². The van der Waals surface area contributed by atoms with Crippen LogP contribution in [0, 0.1) is 17.7 Å². The molecule has 2 aliphatic rings. The number of halogens is 1. The van der Waals surface area contributed by atoms with Crippen molar-refractivity contribution in [2.75, 3.05) is 36.9 Å². The number of ether oxygens (including phenoxy) is 1. The summed E-state index contributed by atoms with van der Waals surface area (Å²) in [4.78, 5) is 25.1. The van der Waals surface area contributed by atoms with Gasteiger partial charge in [-0.05, 0) is 58.1 Å². The molecule has 32 heavy (non-hydrogen) atoms. The van der Waals surface area contributed by atoms with Crippen molar-refractivity contribution in [1.29, 1.82) is 0 Å². The van der Waals surface area contributed by atoms with E-state index in [1.54, 1.807) is 6.07 Å². The zero-order chi connectivity index (χ0) is 22.6. The molecule has 0 aromatic carbocycles. The molecule has 0 spiro atoms. The third kappa shape index (κ3) is 5.77. The molecule has 0 radical (unpaired) electrons. The Morgan fingerprint density at radius 1 is 1.25 bits per heavy atom. The van der Waals surface area contributed by atoms with Crippen molar-refractivity contribution in [2.24, 2.45) is 11.8 Å². The number of nitrogens with zero attached hydrogens (tertiary/aromatic N) is 3. The van der Waals surface area contributed by atoms with E-state index >= 15 is 0 Å². The molecule has 2 aromatic heterocycles. The Morgan fingerprint density at radius 2 is 2.12 bits per heavy atom. The summed E-state index contributed by atoms with van der Waals surface area (Å²) < 4.78 is 20.3. The van der Waals surface area contributed by atoms with Gasteiger partial charge < -0.3 is 20.7 Å². The first-order valence-corrected chi connectivity index (χ1v) is 11.3. The van der Waals surface area contributed by atoms with Gasteiger partial charge in [0.25, 0.3) is 0 Å². The van der Waals surface area contributed by atoms with Gasteiger partial charge in [0, 0.05) is 31.3 Å². The quantitative estimate of drug-likeness (QED) is 0.631. The normalized spacial score (nSPS) is 22.8. The maximum absolute atomic E-state index is 14.6. The number of aromatic nitrogens is 3. The predicted octanol–water partition coefficient (Wildman–Crippen LogP) is 3.23. The second-order valence-corrected chi connectivity index (χ2v) is 9.22. The standard InChI is InChI=1S/C23H31FN6O2/c1-23(2)10-15(5-7-32-23)11-26-20-9-19(28-14-29-20)17-8-21(27-13-18(17)24)30-22(31)16-4-3-6-25-12-16/h8-9,13-16,25H,3-7,10-12H2,1-2H3,(H,26,28,29)(H,27,30,31)/t15?,16-/m1/s1. The third-order valence-electron chi connectivity index (χ3n) is 6.09. The summed E-state index contributed by atoms with van der Waals surface area (Å²) in [7, 11) is 0. The van der Waals surface area contributed by atoms with Crippen molar-refractivity contribution in [3.05, 3.63) is 30.5 Å². The summed E-state index contributed by atoms with van der Waals surface area (Å²) in [5.74, 6) is 0.712. The van der Waals surface area contributed by atoms with Crippen molar-refractivity contribution in [3.63, 3.8) is 0 Å². The second kappa shape index (κ2) is 9.87. The van der Waals surface area contributed by atoms with Gasteiger partial charge in [-0.3, -0.25) is 4.79 Å². The number of piperidine rings is 1. The highest BCUT2D eigenvalue weighted by Gasteiger charge is 2.28. The molecule has 1 amide bonds. The van der Waals surface area contributed by atoms with Crippen LogP contribution in [0.25, 0.3) is 11.3 Å². The first-order chi connectivity index (χ1) is 15.4. The molecule has 0 bridgehead atoms. The average molecular weight is 443 g/mol. The molecule has 4 heterocycles. The van der Waals surface area contributed by atoms with E-state index in [1.807, 2.05) is 0 Å². The van der Waals surface area contributed by atoms with Crippen LogP contribution in [0.4, 0.5) is 16.0 Å². The fourth-order valence-corrected chi connectivity index (χ4v) is 4.39. The van der Waals surface area contributed by atoms with Gasteiger partial charge in [0.2, 0.25) is 5.91 Å². The molecule has 9 heteroatoms. The molecular formula is C23H31FN6O2. The Balaban J connectivity index is 1.43. The molecule has 1 unspecified atom stereocenters. The van der Waals surface area contributed by atoms with Crippen molar-refractivity contribution < 1.29 is 13.9 Å². The lowest BCUT2D eigenvalue weighted by molar-refractivity contribution is -0.120.